The van der Waals surface area contributed by atoms with Crippen molar-refractivity contribution in [3.63, 3.8) is 0 Å². The van der Waals surface area contributed by atoms with Crippen LogP contribution in [0.25, 0.3) is 4.13 Å². The highest BCUT2D eigenvalue weighted by molar-refractivity contribution is 8.12. The van der Waals surface area contributed by atoms with Gasteiger partial charge in [0.15, 0.2) is 64.2 Å². The van der Waals surface area contributed by atoms with Gasteiger partial charge < -0.3 is 41.7 Å². The molecular weight excluding hydrogens is 1830 g/mol. The maximum atomic E-state index is 12.9. The van der Waals surface area contributed by atoms with E-state index in [0.29, 0.717) is 72.7 Å². The van der Waals surface area contributed by atoms with Gasteiger partial charge in [-0.05, 0) is 230 Å². The Kier molecular flexibility index (Phi) is 38.3. The van der Waals surface area contributed by atoms with Crippen LogP contribution in [0.15, 0.2) is 335 Å². The Morgan fingerprint density at radius 1 is 0.430 bits per heavy atom. The largest absolute Gasteiger partial charge is 0.748 e. The molecule has 0 radical (unpaired) electrons. The first-order valence-corrected chi connectivity index (χ1v) is 48.6. The number of rotatable bonds is 30. The van der Waals surface area contributed by atoms with Crippen molar-refractivity contribution >= 4 is 96.8 Å². The number of hydrogen-bond donors (Lipinski definition) is 0. The number of alkyl halides is 10. The van der Waals surface area contributed by atoms with E-state index in [1.807, 2.05) is 84.9 Å². The van der Waals surface area contributed by atoms with Crippen LogP contribution in [-0.2, 0) is 106 Å². The molecule has 1 unspecified atom stereocenters. The Morgan fingerprint density at radius 2 is 0.703 bits per heavy atom. The molecule has 21 nitrogen and oxygen atoms in total. The van der Waals surface area contributed by atoms with E-state index in [9.17, 15) is 106 Å². The monoisotopic (exact) mass is 1920 g/mol. The maximum absolute atomic E-state index is 12.9. The summed E-state index contributed by atoms with van der Waals surface area (Å²) < 4.78 is 255. The van der Waals surface area contributed by atoms with Crippen molar-refractivity contribution in [2.24, 2.45) is 23.2 Å². The molecule has 38 heteroatoms. The summed E-state index contributed by atoms with van der Waals surface area (Å²) in [5.41, 5.74) is -5.44. The summed E-state index contributed by atoms with van der Waals surface area (Å²) in [4.78, 5) is 58.0. The molecule has 0 saturated heterocycles. The molecule has 4 aliphatic carbocycles. The summed E-state index contributed by atoms with van der Waals surface area (Å²) in [6, 6.07) is 86.8. The van der Waals surface area contributed by atoms with Gasteiger partial charge in [-0.1, -0.05) is 129 Å². The highest BCUT2D eigenvalue weighted by atomic mass is 32.3. The van der Waals surface area contributed by atoms with Crippen LogP contribution in [0.4, 0.5) is 43.9 Å². The lowest BCUT2D eigenvalue weighted by atomic mass is 9.49. The van der Waals surface area contributed by atoms with E-state index in [0.717, 1.165) is 30.8 Å². The average molecular weight is 1920 g/mol. The molecule has 128 heavy (non-hydrogen) atoms. The Labute approximate surface area is 746 Å². The number of halogens is 10. The van der Waals surface area contributed by atoms with E-state index in [1.165, 1.54) is 44.1 Å². The third-order valence-corrected chi connectivity index (χ3v) is 29.1. The minimum atomic E-state index is -6.00. The summed E-state index contributed by atoms with van der Waals surface area (Å²) >= 11 is 0. The van der Waals surface area contributed by atoms with Gasteiger partial charge in [-0.25, -0.2) is 56.8 Å². The van der Waals surface area contributed by atoms with E-state index in [1.54, 1.807) is 24.9 Å². The first-order valence-electron chi connectivity index (χ1n) is 38.6. The summed E-state index contributed by atoms with van der Waals surface area (Å²) in [6.07, 6.45) is -5.47. The van der Waals surface area contributed by atoms with E-state index in [-0.39, 0.29) is 59.1 Å². The molecular formula is C90H91F10NO20S7. The zero-order valence-electron chi connectivity index (χ0n) is 69.4. The number of ether oxygens (including phenoxy) is 6. The lowest BCUT2D eigenvalue weighted by molar-refractivity contribution is -0.226. The second kappa shape index (κ2) is 46.8. The lowest BCUT2D eigenvalue weighted by Gasteiger charge is -2.55. The third-order valence-electron chi connectivity index (χ3n) is 18.3. The lowest BCUT2D eigenvalue weighted by Crippen LogP contribution is -2.52. The van der Waals surface area contributed by atoms with Crippen molar-refractivity contribution in [1.29, 1.82) is 0 Å². The summed E-state index contributed by atoms with van der Waals surface area (Å²) in [7, 11) is -22.2. The summed E-state index contributed by atoms with van der Waals surface area (Å²) in [5, 5.41) is -4.91. The van der Waals surface area contributed by atoms with Gasteiger partial charge in [0.05, 0.1) is 70.4 Å². The van der Waals surface area contributed by atoms with Gasteiger partial charge in [-0.15, -0.1) is 0 Å². The van der Waals surface area contributed by atoms with Gasteiger partial charge in [0, 0.05) is 23.0 Å². The van der Waals surface area contributed by atoms with Crippen LogP contribution in [0.1, 0.15) is 72.6 Å². The zero-order chi connectivity index (χ0) is 94.6. The molecule has 13 rings (SSSR count). The number of carbonyl (C=O) groups excluding carboxylic acids is 4. The molecule has 688 valence electrons. The van der Waals surface area contributed by atoms with Crippen LogP contribution < -0.4 is 14.2 Å². The fourth-order valence-corrected chi connectivity index (χ4v) is 22.3. The molecule has 9 aromatic rings. The molecule has 0 amide bonds. The first kappa shape index (κ1) is 105. The standard InChI is InChI=1S/2C24H23O3S.C22H19O2S.C14H19F3O5S.C4H6F4O3S.C2H3F3NO4S2/c2*1-19(2)24(25)27-18-17-26-20-13-15-23(16-14-20)28(21-9-5-3-6-10-21)22-11-7-4-8-12-22;1-17(2)22(23)24-18-13-15-21(16-14-18)25(19-9-5-3-6-10-19)20-11-7-4-8-12-20;15-14(16,17)11(7-23(19,20)21)22-12(18)13-4-8-1-9(5-13)3-10(2-8)6-13;1-3(5,6)2-4(7,8)12(9,10)11;1-11(7,8)6-12(9,10)2(3,4)5/h2*3-16H,1,17-18H2,2H3;3-16H,1H2,2H3;8-11H,1-7H2,(H,19,20,21);2H2,1H3,(H,9,10,11);1H3/q3*+1;;;-1/p-2. The Bertz CT molecular complexity index is 5330. The van der Waals surface area contributed by atoms with E-state index < -0.39 is 111 Å². The number of sulfonamides is 2. The molecule has 0 aliphatic heterocycles. The molecule has 4 saturated carbocycles. The molecule has 4 fully saturated rings. The van der Waals surface area contributed by atoms with Crippen molar-refractivity contribution in [2.45, 2.75) is 146 Å². The summed E-state index contributed by atoms with van der Waals surface area (Å²) in [5.74, 6) is -4.80. The van der Waals surface area contributed by atoms with Crippen LogP contribution in [0, 0.1) is 23.2 Å². The van der Waals surface area contributed by atoms with Gasteiger partial charge in [0.2, 0.25) is 6.10 Å². The van der Waals surface area contributed by atoms with Crippen LogP contribution in [0.2, 0.25) is 0 Å². The van der Waals surface area contributed by atoms with E-state index in [2.05, 4.69) is 194 Å². The van der Waals surface area contributed by atoms with E-state index >= 15 is 0 Å². The van der Waals surface area contributed by atoms with Crippen molar-refractivity contribution in [2.75, 3.05) is 38.4 Å². The predicted octanol–water partition coefficient (Wildman–Crippen LogP) is 19.4. The quantitative estimate of drug-likeness (QED) is 0.00590. The van der Waals surface area contributed by atoms with Gasteiger partial charge in [-0.2, -0.15) is 35.1 Å². The van der Waals surface area contributed by atoms with Gasteiger partial charge >= 0.3 is 40.8 Å². The molecule has 4 bridgehead atoms. The fourth-order valence-electron chi connectivity index (χ4n) is 13.2. The van der Waals surface area contributed by atoms with Crippen molar-refractivity contribution in [1.82, 2.24) is 0 Å². The van der Waals surface area contributed by atoms with Gasteiger partial charge in [-0.3, -0.25) is 4.79 Å². The molecule has 0 aromatic heterocycles. The third kappa shape index (κ3) is 34.0. The smallest absolute Gasteiger partial charge is 0.480 e. The van der Waals surface area contributed by atoms with Crippen LogP contribution in [0.5, 0.6) is 17.2 Å². The minimum Gasteiger partial charge on any atom is -0.748 e. The van der Waals surface area contributed by atoms with Crippen molar-refractivity contribution < 1.29 is 134 Å². The zero-order valence-corrected chi connectivity index (χ0v) is 75.1. The fraction of sp³-hybridized carbons (Fsp3) is 0.289. The maximum Gasteiger partial charge on any atom is 0.480 e. The van der Waals surface area contributed by atoms with Crippen molar-refractivity contribution in [3.8, 4) is 17.2 Å². The predicted molar refractivity (Wildman–Crippen MR) is 462 cm³/mol. The summed E-state index contributed by atoms with van der Waals surface area (Å²) in [6.45, 7) is 16.7. The Hall–Kier alpha value is -10.3. The normalized spacial score (nSPS) is 16.2. The van der Waals surface area contributed by atoms with E-state index in [4.69, 9.17) is 23.7 Å². The molecule has 0 heterocycles. The number of benzene rings is 9. The Morgan fingerprint density at radius 3 is 0.922 bits per heavy atom. The second-order valence-electron chi connectivity index (χ2n) is 29.3. The number of hydrogen-bond acceptors (Lipinski definition) is 20. The average Bonchev–Trinajstić information content (AvgIpc) is 0.737. The number of carbonyl (C=O) groups is 4. The molecule has 0 N–H and O–H groups in total. The first-order chi connectivity index (χ1) is 59.8. The molecule has 1 atom stereocenters. The SMILES string of the molecule is C=C(C)C(=O)OCCOc1ccc([S+](c2ccccc2)c2ccccc2)cc1.C=C(C)C(=O)OCCOc1ccc([S+](c2ccccc2)c2ccccc2)cc1.C=C(C)C(=O)Oc1ccc([S+](c2ccccc2)c2ccccc2)cc1.CC(F)(F)CC(F)(F)S(=O)(=O)[O-].CS(=O)(=O)[N-]S(=O)(=O)C(F)(F)F.O=C(OC(CS(=O)(=O)[O-])C(F)(F)F)C12CC3CC(CC(C3)C1)C2. The van der Waals surface area contributed by atoms with Gasteiger partial charge in [0.25, 0.3) is 5.92 Å². The van der Waals surface area contributed by atoms with Crippen LogP contribution >= 0.6 is 0 Å². The number of nitrogens with zero attached hydrogens (tertiary/aromatic N) is 1. The highest BCUT2D eigenvalue weighted by Crippen LogP contribution is 2.61. The molecule has 4 aliphatic rings. The molecule has 0 spiro atoms. The molecule has 9 aromatic carbocycles. The Balaban J connectivity index is 0.000000216. The topological polar surface area (TPSA) is 320 Å². The van der Waals surface area contributed by atoms with Crippen LogP contribution in [0.3, 0.4) is 0 Å². The second-order valence-corrected chi connectivity index (χ2v) is 41.8. The van der Waals surface area contributed by atoms with Crippen LogP contribution in [-0.4, -0.2) is 134 Å². The van der Waals surface area contributed by atoms with Crippen molar-refractivity contribution in [3.05, 3.63) is 295 Å². The van der Waals surface area contributed by atoms with Gasteiger partial charge in [0.1, 0.15) is 43.7 Å². The highest BCUT2D eigenvalue weighted by Gasteiger charge is 2.57. The number of esters is 4. The minimum absolute atomic E-state index is 0.103.